The summed E-state index contributed by atoms with van der Waals surface area (Å²) in [6.45, 7) is 1.95. The zero-order valence-electron chi connectivity index (χ0n) is 12.9. The van der Waals surface area contributed by atoms with Crippen molar-refractivity contribution in [3.05, 3.63) is 46.2 Å². The number of nitrogens with one attached hydrogen (secondary N) is 1. The number of nitrogens with zero attached hydrogens (tertiary/aromatic N) is 2. The van der Waals surface area contributed by atoms with Crippen molar-refractivity contribution in [3.63, 3.8) is 0 Å². The Kier molecular flexibility index (Phi) is 6.07. The van der Waals surface area contributed by atoms with Gasteiger partial charge in [0, 0.05) is 10.9 Å². The SMILES string of the molecule is CCOC(=O)Cc1csc(NN=Cc2cc(C(F)(F)F)ccc2F)n1. The molecule has 2 aromatic rings. The standard InChI is InChI=1S/C15H13F4N3O2S/c1-2-24-13(23)6-11-8-25-14(21-11)22-20-7-9-5-10(15(17,18)19)3-4-12(9)16/h3-5,7-8H,2,6H2,1H3,(H,21,22). The van der Waals surface area contributed by atoms with Gasteiger partial charge in [0.15, 0.2) is 0 Å². The molecule has 0 aliphatic rings. The Balaban J connectivity index is 2.02. The molecular weight excluding hydrogens is 362 g/mol. The van der Waals surface area contributed by atoms with Gasteiger partial charge in [-0.15, -0.1) is 11.3 Å². The van der Waals surface area contributed by atoms with Gasteiger partial charge in [0.2, 0.25) is 5.13 Å². The molecule has 1 aromatic heterocycles. The number of carbonyl (C=O) groups excluding carboxylic acids is 1. The summed E-state index contributed by atoms with van der Waals surface area (Å²) < 4.78 is 56.2. The molecule has 0 amide bonds. The average Bonchev–Trinajstić information content (AvgIpc) is 2.95. The molecule has 1 N–H and O–H groups in total. The molecule has 1 aromatic carbocycles. The molecule has 0 radical (unpaired) electrons. The minimum atomic E-state index is -4.57. The number of ether oxygens (including phenoxy) is 1. The highest BCUT2D eigenvalue weighted by Gasteiger charge is 2.30. The van der Waals surface area contributed by atoms with Gasteiger partial charge < -0.3 is 4.74 Å². The van der Waals surface area contributed by atoms with E-state index in [2.05, 4.69) is 15.5 Å². The lowest BCUT2D eigenvalue weighted by Gasteiger charge is -2.07. The summed E-state index contributed by atoms with van der Waals surface area (Å²) in [5, 5.41) is 5.59. The second-order valence-electron chi connectivity index (χ2n) is 4.73. The fraction of sp³-hybridized carbons (Fsp3) is 0.267. The number of rotatable bonds is 6. The van der Waals surface area contributed by atoms with Gasteiger partial charge in [-0.1, -0.05) is 0 Å². The number of aromatic nitrogens is 1. The van der Waals surface area contributed by atoms with Crippen LogP contribution in [0.2, 0.25) is 0 Å². The van der Waals surface area contributed by atoms with E-state index in [1.807, 2.05) is 0 Å². The van der Waals surface area contributed by atoms with Gasteiger partial charge in [0.25, 0.3) is 0 Å². The molecule has 0 spiro atoms. The molecule has 0 atom stereocenters. The number of carbonyl (C=O) groups is 1. The third kappa shape index (κ3) is 5.52. The molecule has 0 aliphatic carbocycles. The van der Waals surface area contributed by atoms with E-state index in [0.717, 1.165) is 23.6 Å². The fourth-order valence-corrected chi connectivity index (χ4v) is 2.43. The lowest BCUT2D eigenvalue weighted by atomic mass is 10.1. The van der Waals surface area contributed by atoms with Crippen molar-refractivity contribution in [3.8, 4) is 0 Å². The van der Waals surface area contributed by atoms with Gasteiger partial charge in [-0.3, -0.25) is 10.2 Å². The first kappa shape index (κ1) is 18.8. The van der Waals surface area contributed by atoms with E-state index in [1.165, 1.54) is 0 Å². The van der Waals surface area contributed by atoms with E-state index in [9.17, 15) is 22.4 Å². The minimum absolute atomic E-state index is 0.00199. The summed E-state index contributed by atoms with van der Waals surface area (Å²) in [4.78, 5) is 15.4. The molecule has 2 rings (SSSR count). The number of halogens is 4. The smallest absolute Gasteiger partial charge is 0.416 e. The summed E-state index contributed by atoms with van der Waals surface area (Å²) >= 11 is 1.14. The Morgan fingerprint density at radius 2 is 2.20 bits per heavy atom. The van der Waals surface area contributed by atoms with Gasteiger partial charge in [0.1, 0.15) is 5.82 Å². The van der Waals surface area contributed by atoms with Gasteiger partial charge in [-0.05, 0) is 25.1 Å². The van der Waals surface area contributed by atoms with Crippen molar-refractivity contribution in [2.45, 2.75) is 19.5 Å². The Morgan fingerprint density at radius 1 is 1.44 bits per heavy atom. The van der Waals surface area contributed by atoms with Crippen LogP contribution in [0.25, 0.3) is 0 Å². The first-order valence-corrected chi connectivity index (χ1v) is 7.93. The maximum absolute atomic E-state index is 13.6. The van der Waals surface area contributed by atoms with Crippen LogP contribution in [-0.2, 0) is 22.1 Å². The van der Waals surface area contributed by atoms with Crippen LogP contribution < -0.4 is 5.43 Å². The number of hydrazone groups is 1. The number of thiazole rings is 1. The van der Waals surface area contributed by atoms with Crippen molar-refractivity contribution in [2.75, 3.05) is 12.0 Å². The summed E-state index contributed by atoms with van der Waals surface area (Å²) in [7, 11) is 0. The monoisotopic (exact) mass is 375 g/mol. The highest BCUT2D eigenvalue weighted by Crippen LogP contribution is 2.30. The van der Waals surface area contributed by atoms with Crippen molar-refractivity contribution in [2.24, 2.45) is 5.10 Å². The summed E-state index contributed by atoms with van der Waals surface area (Å²) in [5.74, 6) is -1.26. The van der Waals surface area contributed by atoms with Crippen LogP contribution in [0, 0.1) is 5.82 Å². The molecule has 134 valence electrons. The lowest BCUT2D eigenvalue weighted by molar-refractivity contribution is -0.142. The predicted octanol–water partition coefficient (Wildman–Crippen LogP) is 3.85. The quantitative estimate of drug-likeness (QED) is 0.361. The molecule has 0 saturated carbocycles. The molecular formula is C15H13F4N3O2S. The number of hydrogen-bond donors (Lipinski definition) is 1. The van der Waals surface area contributed by atoms with Crippen LogP contribution >= 0.6 is 11.3 Å². The van der Waals surface area contributed by atoms with Crippen LogP contribution in [0.1, 0.15) is 23.7 Å². The minimum Gasteiger partial charge on any atom is -0.466 e. The van der Waals surface area contributed by atoms with Gasteiger partial charge >= 0.3 is 12.1 Å². The number of hydrogen-bond acceptors (Lipinski definition) is 6. The number of benzene rings is 1. The summed E-state index contributed by atoms with van der Waals surface area (Å²) in [6.07, 6.45) is -3.64. The first-order chi connectivity index (χ1) is 11.8. The summed E-state index contributed by atoms with van der Waals surface area (Å²) in [6, 6.07) is 2.04. The molecule has 10 heteroatoms. The van der Waals surface area contributed by atoms with E-state index < -0.39 is 23.5 Å². The number of alkyl halides is 3. The predicted molar refractivity (Wildman–Crippen MR) is 85.1 cm³/mol. The molecule has 0 bridgehead atoms. The topological polar surface area (TPSA) is 63.6 Å². The highest BCUT2D eigenvalue weighted by molar-refractivity contribution is 7.13. The van der Waals surface area contributed by atoms with E-state index in [0.29, 0.717) is 23.0 Å². The highest BCUT2D eigenvalue weighted by atomic mass is 32.1. The van der Waals surface area contributed by atoms with Crippen LogP contribution in [0.3, 0.4) is 0 Å². The first-order valence-electron chi connectivity index (χ1n) is 7.05. The summed E-state index contributed by atoms with van der Waals surface area (Å²) in [5.41, 5.74) is 1.66. The Morgan fingerprint density at radius 3 is 2.88 bits per heavy atom. The Hall–Kier alpha value is -2.49. The van der Waals surface area contributed by atoms with Crippen molar-refractivity contribution in [1.29, 1.82) is 0 Å². The fourth-order valence-electron chi connectivity index (χ4n) is 1.78. The largest absolute Gasteiger partial charge is 0.466 e. The van der Waals surface area contributed by atoms with Crippen LogP contribution in [0.5, 0.6) is 0 Å². The molecule has 0 aliphatic heterocycles. The van der Waals surface area contributed by atoms with Crippen molar-refractivity contribution >= 4 is 28.7 Å². The zero-order chi connectivity index (χ0) is 18.4. The Bertz CT molecular complexity index is 774. The maximum atomic E-state index is 13.6. The van der Waals surface area contributed by atoms with Gasteiger partial charge in [-0.2, -0.15) is 18.3 Å². The van der Waals surface area contributed by atoms with Crippen LogP contribution in [0.4, 0.5) is 22.7 Å². The van der Waals surface area contributed by atoms with Crippen molar-refractivity contribution < 1.29 is 27.1 Å². The number of esters is 1. The normalized spacial score (nSPS) is 11.7. The van der Waals surface area contributed by atoms with E-state index in [-0.39, 0.29) is 18.6 Å². The van der Waals surface area contributed by atoms with Crippen LogP contribution in [-0.4, -0.2) is 23.8 Å². The Labute approximate surface area is 144 Å². The third-order valence-corrected chi connectivity index (χ3v) is 3.67. The number of anilines is 1. The molecule has 0 unspecified atom stereocenters. The molecule has 0 fully saturated rings. The molecule has 5 nitrogen and oxygen atoms in total. The van der Waals surface area contributed by atoms with Crippen molar-refractivity contribution in [1.82, 2.24) is 4.98 Å². The zero-order valence-corrected chi connectivity index (χ0v) is 13.7. The van der Waals surface area contributed by atoms with Gasteiger partial charge in [-0.25, -0.2) is 9.37 Å². The molecule has 0 saturated heterocycles. The average molecular weight is 375 g/mol. The second-order valence-corrected chi connectivity index (χ2v) is 5.59. The van der Waals surface area contributed by atoms with Gasteiger partial charge in [0.05, 0.1) is 30.5 Å². The lowest BCUT2D eigenvalue weighted by Crippen LogP contribution is -2.07. The molecule has 1 heterocycles. The van der Waals surface area contributed by atoms with E-state index >= 15 is 0 Å². The second kappa shape index (κ2) is 8.06. The van der Waals surface area contributed by atoms with E-state index in [4.69, 9.17) is 4.74 Å². The van der Waals surface area contributed by atoms with E-state index in [1.54, 1.807) is 12.3 Å². The maximum Gasteiger partial charge on any atom is 0.416 e. The molecule has 25 heavy (non-hydrogen) atoms. The van der Waals surface area contributed by atoms with Crippen LogP contribution in [0.15, 0.2) is 28.7 Å². The third-order valence-electron chi connectivity index (χ3n) is 2.87.